The summed E-state index contributed by atoms with van der Waals surface area (Å²) < 4.78 is 41.8. The van der Waals surface area contributed by atoms with Crippen LogP contribution in [0.1, 0.15) is 30.5 Å². The molecule has 0 saturated heterocycles. The third-order valence-corrected chi connectivity index (χ3v) is 5.97. The zero-order valence-corrected chi connectivity index (χ0v) is 17.3. The molecule has 154 valence electrons. The molecule has 1 aliphatic rings. The van der Waals surface area contributed by atoms with E-state index < -0.39 is 11.9 Å². The molecule has 4 rings (SSSR count). The molecular formula is C19H20BrF3N6. The first-order chi connectivity index (χ1) is 13.8. The monoisotopic (exact) mass is 468 g/mol. The molecule has 0 aliphatic heterocycles. The van der Waals surface area contributed by atoms with Crippen LogP contribution in [0.15, 0.2) is 41.3 Å². The maximum atomic E-state index is 13.3. The van der Waals surface area contributed by atoms with Gasteiger partial charge in [-0.3, -0.25) is 4.98 Å². The Morgan fingerprint density at radius 2 is 2.17 bits per heavy atom. The normalized spacial score (nSPS) is 22.3. The molecule has 1 aliphatic carbocycles. The molecule has 1 saturated carbocycles. The molecule has 1 fully saturated rings. The quantitative estimate of drug-likeness (QED) is 0.591. The van der Waals surface area contributed by atoms with Crippen molar-refractivity contribution < 1.29 is 13.2 Å². The van der Waals surface area contributed by atoms with Crippen LogP contribution in [-0.2, 0) is 11.6 Å². The standard InChI is InChI=1S/C19H20BrF3N6/c1-24-13-4-5-18(9-13,12-3-2-6-25-10-12)11-26-16-7-14(19(21,22)23)27-17-8-15(20)28-29(16)17/h2-3,6-8,10,13,24,26H,4-5,9,11H2,1H3. The topological polar surface area (TPSA) is 67.1 Å². The van der Waals surface area contributed by atoms with Crippen molar-refractivity contribution in [3.63, 3.8) is 0 Å². The van der Waals surface area contributed by atoms with E-state index in [1.54, 1.807) is 6.20 Å². The molecule has 0 aromatic carbocycles. The van der Waals surface area contributed by atoms with Crippen molar-refractivity contribution in [2.75, 3.05) is 18.9 Å². The average molecular weight is 469 g/mol. The molecule has 10 heteroatoms. The van der Waals surface area contributed by atoms with Crippen LogP contribution in [0.3, 0.4) is 0 Å². The zero-order chi connectivity index (χ0) is 20.6. The summed E-state index contributed by atoms with van der Waals surface area (Å²) in [6.45, 7) is 0.463. The Kier molecular flexibility index (Phi) is 5.24. The van der Waals surface area contributed by atoms with Crippen LogP contribution in [0, 0.1) is 0 Å². The molecular weight excluding hydrogens is 449 g/mol. The van der Waals surface area contributed by atoms with Crippen LogP contribution in [-0.4, -0.2) is 39.2 Å². The van der Waals surface area contributed by atoms with Gasteiger partial charge in [0.1, 0.15) is 10.4 Å². The highest BCUT2D eigenvalue weighted by atomic mass is 79.9. The lowest BCUT2D eigenvalue weighted by Gasteiger charge is -2.30. The van der Waals surface area contributed by atoms with Crippen molar-refractivity contribution >= 4 is 27.4 Å². The lowest BCUT2D eigenvalue weighted by Crippen LogP contribution is -2.35. The van der Waals surface area contributed by atoms with E-state index in [9.17, 15) is 13.2 Å². The SMILES string of the molecule is CNC1CCC(CNc2cc(C(F)(F)F)nc3cc(Br)nn23)(c2cccnc2)C1. The lowest BCUT2D eigenvalue weighted by atomic mass is 9.79. The Morgan fingerprint density at radius 1 is 1.34 bits per heavy atom. The number of hydrogen-bond acceptors (Lipinski definition) is 5. The molecule has 3 aromatic rings. The molecule has 29 heavy (non-hydrogen) atoms. The maximum absolute atomic E-state index is 13.3. The average Bonchev–Trinajstić information content (AvgIpc) is 3.29. The largest absolute Gasteiger partial charge is 0.433 e. The Bertz CT molecular complexity index is 1010. The molecule has 0 radical (unpaired) electrons. The second kappa shape index (κ2) is 7.56. The third kappa shape index (κ3) is 3.95. The molecule has 2 unspecified atom stereocenters. The van der Waals surface area contributed by atoms with Crippen LogP contribution < -0.4 is 10.6 Å². The fourth-order valence-corrected chi connectivity index (χ4v) is 4.41. The third-order valence-electron chi connectivity index (χ3n) is 5.59. The Morgan fingerprint density at radius 3 is 2.83 bits per heavy atom. The number of fused-ring (bicyclic) bond motifs is 1. The van der Waals surface area contributed by atoms with Crippen molar-refractivity contribution in [3.8, 4) is 0 Å². The minimum atomic E-state index is -4.54. The number of alkyl halides is 3. The van der Waals surface area contributed by atoms with Gasteiger partial charge in [0.05, 0.1) is 0 Å². The van der Waals surface area contributed by atoms with Crippen LogP contribution in [0.4, 0.5) is 19.0 Å². The minimum absolute atomic E-state index is 0.129. The molecule has 3 aromatic heterocycles. The van der Waals surface area contributed by atoms with Gasteiger partial charge in [0.2, 0.25) is 0 Å². The van der Waals surface area contributed by atoms with Gasteiger partial charge in [0.25, 0.3) is 0 Å². The Balaban J connectivity index is 1.70. The fraction of sp³-hybridized carbons (Fsp3) is 0.421. The van der Waals surface area contributed by atoms with E-state index in [1.165, 1.54) is 10.6 Å². The van der Waals surface area contributed by atoms with Gasteiger partial charge in [0, 0.05) is 42.5 Å². The predicted octanol–water partition coefficient (Wildman–Crippen LogP) is 4.03. The minimum Gasteiger partial charge on any atom is -0.369 e. The van der Waals surface area contributed by atoms with Gasteiger partial charge in [-0.1, -0.05) is 6.07 Å². The number of anilines is 1. The van der Waals surface area contributed by atoms with Crippen LogP contribution in [0.25, 0.3) is 5.65 Å². The number of rotatable bonds is 5. The summed E-state index contributed by atoms with van der Waals surface area (Å²) in [6, 6.07) is 6.73. The number of hydrogen-bond donors (Lipinski definition) is 2. The lowest BCUT2D eigenvalue weighted by molar-refractivity contribution is -0.141. The van der Waals surface area contributed by atoms with Crippen molar-refractivity contribution in [2.24, 2.45) is 0 Å². The van der Waals surface area contributed by atoms with Gasteiger partial charge in [-0.2, -0.15) is 22.8 Å². The number of halogens is 4. The summed E-state index contributed by atoms with van der Waals surface area (Å²) in [6.07, 6.45) is 1.78. The first-order valence-electron chi connectivity index (χ1n) is 9.26. The van der Waals surface area contributed by atoms with Gasteiger partial charge < -0.3 is 10.6 Å². The van der Waals surface area contributed by atoms with Gasteiger partial charge in [0.15, 0.2) is 11.3 Å². The Hall–Kier alpha value is -2.20. The molecule has 0 amide bonds. The van der Waals surface area contributed by atoms with Crippen molar-refractivity contribution in [3.05, 3.63) is 52.5 Å². The van der Waals surface area contributed by atoms with E-state index in [2.05, 4.69) is 41.6 Å². The number of aromatic nitrogens is 4. The van der Waals surface area contributed by atoms with E-state index >= 15 is 0 Å². The number of pyridine rings is 1. The number of nitrogens with one attached hydrogen (secondary N) is 2. The predicted molar refractivity (Wildman–Crippen MR) is 107 cm³/mol. The summed E-state index contributed by atoms with van der Waals surface area (Å²) in [5.41, 5.74) is 0.0209. The fourth-order valence-electron chi connectivity index (χ4n) is 4.05. The van der Waals surface area contributed by atoms with Crippen LogP contribution in [0.2, 0.25) is 0 Å². The Labute approximate surface area is 174 Å². The molecule has 0 spiro atoms. The van der Waals surface area contributed by atoms with Crippen molar-refractivity contribution in [1.82, 2.24) is 24.9 Å². The molecule has 0 bridgehead atoms. The van der Waals surface area contributed by atoms with Gasteiger partial charge in [-0.15, -0.1) is 0 Å². The highest BCUT2D eigenvalue weighted by molar-refractivity contribution is 9.10. The van der Waals surface area contributed by atoms with E-state index in [-0.39, 0.29) is 16.9 Å². The van der Waals surface area contributed by atoms with E-state index in [0.717, 1.165) is 30.9 Å². The zero-order valence-electron chi connectivity index (χ0n) is 15.7. The first-order valence-corrected chi connectivity index (χ1v) is 10.1. The summed E-state index contributed by atoms with van der Waals surface area (Å²) in [5, 5.41) is 10.8. The first kappa shape index (κ1) is 20.1. The molecule has 6 nitrogen and oxygen atoms in total. The van der Waals surface area contributed by atoms with Gasteiger partial charge >= 0.3 is 6.18 Å². The van der Waals surface area contributed by atoms with Crippen LogP contribution in [0.5, 0.6) is 0 Å². The summed E-state index contributed by atoms with van der Waals surface area (Å²) in [5.74, 6) is 0.254. The highest BCUT2D eigenvalue weighted by Gasteiger charge is 2.40. The molecule has 3 heterocycles. The van der Waals surface area contributed by atoms with E-state index in [4.69, 9.17) is 0 Å². The van der Waals surface area contributed by atoms with Gasteiger partial charge in [-0.05, 0) is 53.9 Å². The maximum Gasteiger partial charge on any atom is 0.433 e. The second-order valence-electron chi connectivity index (χ2n) is 7.37. The van der Waals surface area contributed by atoms with E-state index in [0.29, 0.717) is 17.2 Å². The summed E-state index contributed by atoms with van der Waals surface area (Å²) in [7, 11) is 1.93. The second-order valence-corrected chi connectivity index (χ2v) is 8.18. The van der Waals surface area contributed by atoms with Crippen molar-refractivity contribution in [2.45, 2.75) is 36.9 Å². The molecule has 2 atom stereocenters. The number of nitrogens with zero attached hydrogens (tertiary/aromatic N) is 4. The summed E-state index contributed by atoms with van der Waals surface area (Å²) >= 11 is 3.22. The summed E-state index contributed by atoms with van der Waals surface area (Å²) in [4.78, 5) is 7.94. The van der Waals surface area contributed by atoms with Crippen molar-refractivity contribution in [1.29, 1.82) is 0 Å². The molecule has 2 N–H and O–H groups in total. The van der Waals surface area contributed by atoms with Gasteiger partial charge in [-0.25, -0.2) is 4.98 Å². The highest BCUT2D eigenvalue weighted by Crippen LogP contribution is 2.41. The smallest absolute Gasteiger partial charge is 0.369 e. The van der Waals surface area contributed by atoms with E-state index in [1.807, 2.05) is 25.4 Å². The van der Waals surface area contributed by atoms with Crippen LogP contribution >= 0.6 is 15.9 Å².